The standard InChI is InChI=1S/C19H22ClNO4/c1-13(12-24-17-9-7-16(23-3)8-10-17)21-19(22)14(2)25-18-6-4-5-15(20)11-18/h4-11,13-14H,12H2,1-3H3,(H,21,22)/t13-,14+/m1/s1. The molecule has 2 atom stereocenters. The van der Waals surface area contributed by atoms with E-state index in [4.69, 9.17) is 25.8 Å². The van der Waals surface area contributed by atoms with Crippen molar-refractivity contribution < 1.29 is 19.0 Å². The fourth-order valence-electron chi connectivity index (χ4n) is 2.09. The number of carbonyl (C=O) groups is 1. The zero-order valence-electron chi connectivity index (χ0n) is 14.5. The third-order valence-corrected chi connectivity index (χ3v) is 3.66. The van der Waals surface area contributed by atoms with Crippen LogP contribution in [0.2, 0.25) is 5.02 Å². The number of carbonyl (C=O) groups excluding carboxylic acids is 1. The van der Waals surface area contributed by atoms with Crippen LogP contribution in [0, 0.1) is 0 Å². The molecule has 0 spiro atoms. The molecule has 0 aromatic heterocycles. The Balaban J connectivity index is 1.78. The molecule has 2 rings (SSSR count). The van der Waals surface area contributed by atoms with Crippen LogP contribution in [0.15, 0.2) is 48.5 Å². The van der Waals surface area contributed by atoms with E-state index in [0.717, 1.165) is 5.75 Å². The number of nitrogens with one attached hydrogen (secondary N) is 1. The number of amides is 1. The molecule has 1 N–H and O–H groups in total. The van der Waals surface area contributed by atoms with Crippen molar-refractivity contribution in [2.24, 2.45) is 0 Å². The Morgan fingerprint density at radius 1 is 1.08 bits per heavy atom. The minimum Gasteiger partial charge on any atom is -0.497 e. The zero-order valence-corrected chi connectivity index (χ0v) is 15.2. The van der Waals surface area contributed by atoms with Gasteiger partial charge in [-0.3, -0.25) is 4.79 Å². The molecule has 5 nitrogen and oxygen atoms in total. The Labute approximate surface area is 152 Å². The highest BCUT2D eigenvalue weighted by molar-refractivity contribution is 6.30. The lowest BCUT2D eigenvalue weighted by Gasteiger charge is -2.19. The second-order valence-corrected chi connectivity index (χ2v) is 6.05. The third-order valence-electron chi connectivity index (χ3n) is 3.43. The average molecular weight is 364 g/mol. The normalized spacial score (nSPS) is 12.8. The summed E-state index contributed by atoms with van der Waals surface area (Å²) in [5.74, 6) is 1.81. The Bertz CT molecular complexity index is 690. The lowest BCUT2D eigenvalue weighted by Crippen LogP contribution is -2.43. The van der Waals surface area contributed by atoms with Crippen LogP contribution >= 0.6 is 11.6 Å². The molecular formula is C19H22ClNO4. The highest BCUT2D eigenvalue weighted by atomic mass is 35.5. The smallest absolute Gasteiger partial charge is 0.261 e. The van der Waals surface area contributed by atoms with Crippen LogP contribution in [0.4, 0.5) is 0 Å². The van der Waals surface area contributed by atoms with Crippen molar-refractivity contribution >= 4 is 17.5 Å². The van der Waals surface area contributed by atoms with Gasteiger partial charge in [-0.15, -0.1) is 0 Å². The predicted molar refractivity (Wildman–Crippen MR) is 97.6 cm³/mol. The average Bonchev–Trinajstić information content (AvgIpc) is 2.60. The molecule has 2 aromatic rings. The van der Waals surface area contributed by atoms with E-state index in [2.05, 4.69) is 5.32 Å². The minimum absolute atomic E-state index is 0.167. The Kier molecular flexibility index (Phi) is 6.95. The van der Waals surface area contributed by atoms with E-state index in [-0.39, 0.29) is 11.9 Å². The second-order valence-electron chi connectivity index (χ2n) is 5.61. The molecular weight excluding hydrogens is 342 g/mol. The summed E-state index contributed by atoms with van der Waals surface area (Å²) in [4.78, 5) is 12.2. The summed E-state index contributed by atoms with van der Waals surface area (Å²) in [5, 5.41) is 3.42. The van der Waals surface area contributed by atoms with Gasteiger partial charge < -0.3 is 19.5 Å². The molecule has 6 heteroatoms. The highest BCUT2D eigenvalue weighted by Gasteiger charge is 2.17. The number of methoxy groups -OCH3 is 1. The van der Waals surface area contributed by atoms with E-state index in [1.807, 2.05) is 31.2 Å². The van der Waals surface area contributed by atoms with E-state index in [1.54, 1.807) is 38.3 Å². The molecule has 2 aromatic carbocycles. The van der Waals surface area contributed by atoms with Crippen LogP contribution < -0.4 is 19.5 Å². The van der Waals surface area contributed by atoms with Crippen molar-refractivity contribution in [3.05, 3.63) is 53.6 Å². The van der Waals surface area contributed by atoms with Gasteiger partial charge in [0.2, 0.25) is 0 Å². The highest BCUT2D eigenvalue weighted by Crippen LogP contribution is 2.19. The summed E-state index contributed by atoms with van der Waals surface area (Å²) < 4.78 is 16.3. The minimum atomic E-state index is -0.637. The topological polar surface area (TPSA) is 56.8 Å². The van der Waals surface area contributed by atoms with Crippen LogP contribution in [-0.2, 0) is 4.79 Å². The fraction of sp³-hybridized carbons (Fsp3) is 0.316. The molecule has 0 heterocycles. The van der Waals surface area contributed by atoms with Gasteiger partial charge in [0.25, 0.3) is 5.91 Å². The first kappa shape index (κ1) is 18.9. The third kappa shape index (κ3) is 6.19. The van der Waals surface area contributed by atoms with Gasteiger partial charge in [-0.2, -0.15) is 0 Å². The summed E-state index contributed by atoms with van der Waals surface area (Å²) in [6, 6.07) is 14.0. The molecule has 0 bridgehead atoms. The summed E-state index contributed by atoms with van der Waals surface area (Å²) >= 11 is 5.91. The van der Waals surface area contributed by atoms with Crippen molar-refractivity contribution in [2.45, 2.75) is 26.0 Å². The van der Waals surface area contributed by atoms with Crippen LogP contribution in [0.5, 0.6) is 17.2 Å². The summed E-state index contributed by atoms with van der Waals surface area (Å²) in [6.45, 7) is 3.91. The number of benzene rings is 2. The molecule has 1 amide bonds. The van der Waals surface area contributed by atoms with Crippen molar-refractivity contribution in [1.82, 2.24) is 5.32 Å². The molecule has 0 unspecified atom stereocenters. The number of hydrogen-bond acceptors (Lipinski definition) is 4. The maximum Gasteiger partial charge on any atom is 0.261 e. The summed E-state index contributed by atoms with van der Waals surface area (Å²) in [5.41, 5.74) is 0. The molecule has 0 saturated carbocycles. The molecule has 0 aliphatic rings. The van der Waals surface area contributed by atoms with E-state index in [1.165, 1.54) is 0 Å². The van der Waals surface area contributed by atoms with Gasteiger partial charge in [-0.25, -0.2) is 0 Å². The van der Waals surface area contributed by atoms with E-state index in [9.17, 15) is 4.79 Å². The maximum absolute atomic E-state index is 12.2. The predicted octanol–water partition coefficient (Wildman–Crippen LogP) is 3.70. The zero-order chi connectivity index (χ0) is 18.2. The molecule has 0 saturated heterocycles. The molecule has 25 heavy (non-hydrogen) atoms. The van der Waals surface area contributed by atoms with Gasteiger partial charge >= 0.3 is 0 Å². The first-order valence-electron chi connectivity index (χ1n) is 7.97. The largest absolute Gasteiger partial charge is 0.497 e. The molecule has 0 fully saturated rings. The second kappa shape index (κ2) is 9.18. The quantitative estimate of drug-likeness (QED) is 0.777. The Hall–Kier alpha value is -2.40. The van der Waals surface area contributed by atoms with Crippen LogP contribution in [0.3, 0.4) is 0 Å². The van der Waals surface area contributed by atoms with Gasteiger partial charge in [0.05, 0.1) is 13.2 Å². The monoisotopic (exact) mass is 363 g/mol. The number of ether oxygens (including phenoxy) is 3. The Morgan fingerprint density at radius 2 is 1.76 bits per heavy atom. The molecule has 134 valence electrons. The van der Waals surface area contributed by atoms with Gasteiger partial charge in [0.1, 0.15) is 23.9 Å². The first-order valence-corrected chi connectivity index (χ1v) is 8.35. The van der Waals surface area contributed by atoms with E-state index < -0.39 is 6.10 Å². The molecule has 0 aliphatic carbocycles. The van der Waals surface area contributed by atoms with Crippen LogP contribution in [-0.4, -0.2) is 31.8 Å². The lowest BCUT2D eigenvalue weighted by molar-refractivity contribution is -0.128. The SMILES string of the molecule is COc1ccc(OC[C@@H](C)NC(=O)[C@H](C)Oc2cccc(Cl)c2)cc1. The number of hydrogen-bond donors (Lipinski definition) is 1. The molecule has 0 radical (unpaired) electrons. The van der Waals surface area contributed by atoms with Gasteiger partial charge in [0, 0.05) is 5.02 Å². The van der Waals surface area contributed by atoms with Gasteiger partial charge in [-0.05, 0) is 56.3 Å². The van der Waals surface area contributed by atoms with Crippen LogP contribution in [0.25, 0.3) is 0 Å². The lowest BCUT2D eigenvalue weighted by atomic mass is 10.3. The maximum atomic E-state index is 12.2. The molecule has 0 aliphatic heterocycles. The fourth-order valence-corrected chi connectivity index (χ4v) is 2.27. The van der Waals surface area contributed by atoms with Gasteiger partial charge in [-0.1, -0.05) is 17.7 Å². The summed E-state index contributed by atoms with van der Waals surface area (Å²) in [7, 11) is 1.61. The van der Waals surface area contributed by atoms with Crippen molar-refractivity contribution in [3.63, 3.8) is 0 Å². The van der Waals surface area contributed by atoms with Crippen LogP contribution in [0.1, 0.15) is 13.8 Å². The van der Waals surface area contributed by atoms with E-state index >= 15 is 0 Å². The number of halogens is 1. The first-order chi connectivity index (χ1) is 12.0. The van der Waals surface area contributed by atoms with E-state index in [0.29, 0.717) is 23.1 Å². The van der Waals surface area contributed by atoms with Crippen molar-refractivity contribution in [3.8, 4) is 17.2 Å². The van der Waals surface area contributed by atoms with Crippen molar-refractivity contribution in [2.75, 3.05) is 13.7 Å². The Morgan fingerprint density at radius 3 is 2.40 bits per heavy atom. The van der Waals surface area contributed by atoms with Gasteiger partial charge in [0.15, 0.2) is 6.10 Å². The van der Waals surface area contributed by atoms with Crippen molar-refractivity contribution in [1.29, 1.82) is 0 Å². The number of rotatable bonds is 8. The summed E-state index contributed by atoms with van der Waals surface area (Å²) in [6.07, 6.45) is -0.637.